The van der Waals surface area contributed by atoms with Crippen molar-refractivity contribution in [3.05, 3.63) is 0 Å². The van der Waals surface area contributed by atoms with E-state index in [-0.39, 0.29) is 0 Å². The Hall–Kier alpha value is -0.440. The van der Waals surface area contributed by atoms with Gasteiger partial charge in [-0.1, -0.05) is 0 Å². The number of hydrogen-bond acceptors (Lipinski definition) is 10. The van der Waals surface area contributed by atoms with E-state index in [0.717, 1.165) is 0 Å². The van der Waals surface area contributed by atoms with E-state index in [2.05, 4.69) is 4.52 Å². The van der Waals surface area contributed by atoms with Gasteiger partial charge in [-0.25, -0.2) is 0 Å². The molecule has 3 aliphatic rings. The Kier molecular flexibility index (Phi) is 4.88. The second-order valence-electron chi connectivity index (χ2n) is 5.79. The summed E-state index contributed by atoms with van der Waals surface area (Å²) in [5.41, 5.74) is 0. The smallest absolute Gasteiger partial charge is 0.394 e. The van der Waals surface area contributed by atoms with Crippen LogP contribution in [0.5, 0.6) is 0 Å². The summed E-state index contributed by atoms with van der Waals surface area (Å²) in [6, 6.07) is 0. The highest BCUT2D eigenvalue weighted by atomic mass is 17.5. The van der Waals surface area contributed by atoms with E-state index in [9.17, 15) is 30.6 Å². The van der Waals surface area contributed by atoms with Gasteiger partial charge in [0.25, 0.3) is 6.10 Å². The normalized spacial score (nSPS) is 53.9. The minimum absolute atomic E-state index is 0.493. The van der Waals surface area contributed by atoms with Crippen molar-refractivity contribution in [3.63, 3.8) is 0 Å². The predicted molar refractivity (Wildman–Crippen MR) is 67.5 cm³/mol. The minimum atomic E-state index is -1.66. The monoisotopic (exact) mass is 341 g/mol. The van der Waals surface area contributed by atoms with Crippen LogP contribution >= 0.6 is 0 Å². The largest absolute Gasteiger partial charge is 0.399 e. The first kappa shape index (κ1) is 17.4. The molecule has 0 radical (unpaired) electrons. The highest BCUT2D eigenvalue weighted by Crippen LogP contribution is 2.43. The van der Waals surface area contributed by atoms with E-state index in [1.165, 1.54) is 0 Å². The van der Waals surface area contributed by atoms with E-state index in [4.69, 9.17) is 19.5 Å². The highest BCUT2D eigenvalue weighted by Gasteiger charge is 2.70. The average molecular weight is 341 g/mol. The zero-order chi connectivity index (χ0) is 16.9. The van der Waals surface area contributed by atoms with Crippen LogP contribution in [0, 0.1) is 0 Å². The molecule has 11 nitrogen and oxygen atoms in total. The van der Waals surface area contributed by atoms with Crippen LogP contribution in [0.2, 0.25) is 0 Å². The van der Waals surface area contributed by atoms with Crippen LogP contribution < -0.4 is 0 Å². The molecule has 0 aromatic rings. The Bertz CT molecular complexity index is 420. The lowest BCUT2D eigenvalue weighted by Crippen LogP contribution is -2.63. The van der Waals surface area contributed by atoms with Gasteiger partial charge in [0.2, 0.25) is 0 Å². The van der Waals surface area contributed by atoms with E-state index < -0.39 is 74.6 Å². The molecule has 0 spiro atoms. The fraction of sp³-hybridized carbons (Fsp3) is 1.00. The van der Waals surface area contributed by atoms with Crippen molar-refractivity contribution in [1.82, 2.24) is 0 Å². The topological polar surface area (TPSA) is 175 Å². The van der Waals surface area contributed by atoms with Gasteiger partial charge in [0.05, 0.1) is 6.61 Å². The molecule has 7 N–H and O–H groups in total. The molecule has 134 valence electrons. The third-order valence-electron chi connectivity index (χ3n) is 4.35. The van der Waals surface area contributed by atoms with Crippen molar-refractivity contribution in [2.24, 2.45) is 0 Å². The van der Waals surface area contributed by atoms with E-state index in [1.54, 1.807) is 0 Å². The van der Waals surface area contributed by atoms with Crippen LogP contribution in [0.3, 0.4) is 0 Å². The summed E-state index contributed by atoms with van der Waals surface area (Å²) < 4.78 is 12.7. The number of rotatable bonds is 4. The summed E-state index contributed by atoms with van der Waals surface area (Å²) in [6.07, 6.45) is -13.2. The first-order valence-corrected chi connectivity index (χ1v) is 7.22. The number of aliphatic hydroxyl groups is 7. The summed E-state index contributed by atoms with van der Waals surface area (Å²) in [5.74, 6) is 0. The number of hydrogen-bond donors (Lipinski definition) is 7. The van der Waals surface area contributed by atoms with Gasteiger partial charge in [0.15, 0.2) is 18.5 Å². The maximum Gasteiger partial charge on any atom is 0.399 e. The van der Waals surface area contributed by atoms with Crippen molar-refractivity contribution in [2.45, 2.75) is 61.4 Å². The predicted octanol–water partition coefficient (Wildman–Crippen LogP) is -4.91. The lowest BCUT2D eigenvalue weighted by atomic mass is 9.97. The van der Waals surface area contributed by atoms with E-state index in [1.807, 2.05) is 0 Å². The van der Waals surface area contributed by atoms with Crippen LogP contribution in [0.1, 0.15) is 0 Å². The average Bonchev–Trinajstić information content (AvgIpc) is 3.33. The summed E-state index contributed by atoms with van der Waals surface area (Å²) in [7, 11) is 0. The fourth-order valence-electron chi connectivity index (χ4n) is 2.91. The second-order valence-corrected chi connectivity index (χ2v) is 5.79. The van der Waals surface area contributed by atoms with Gasteiger partial charge in [-0.3, -0.25) is 0 Å². The van der Waals surface area contributed by atoms with Gasteiger partial charge in [-0.05, 0) is 4.89 Å². The van der Waals surface area contributed by atoms with Gasteiger partial charge >= 0.3 is 6.29 Å². The standard InChI is InChI=1S/C12H21O11/c13-1-3-5(15)6(16)8(18)11(20-3)21-10-4(2-14)23-12(22-23)9(19)7(10)17/h3-19H,1-2H2/q+1/t3-,4-,5-,6+,7-,8-,9-,10-,11-,12-/m1/s1. The SMILES string of the molecule is OC[C@@H]1[C@@H](O[C@H]2O[C@H](CO)[C@@H](O)[C@H](O)[C@H]2O)[C@H](O)[C@@H](O)[C@@H]2O[O+]12. The molecule has 3 fully saturated rings. The molecule has 0 aromatic carbocycles. The molecule has 0 saturated carbocycles. The maximum absolute atomic E-state index is 10.1. The molecule has 0 amide bonds. The number of ether oxygens (including phenoxy) is 2. The number of aliphatic hydroxyl groups excluding tert-OH is 7. The number of fused-ring (bicyclic) bond motifs is 1. The molecule has 0 aromatic heterocycles. The summed E-state index contributed by atoms with van der Waals surface area (Å²) >= 11 is 0. The summed E-state index contributed by atoms with van der Waals surface area (Å²) in [5, 5.41) is 67.8. The zero-order valence-corrected chi connectivity index (χ0v) is 12.0. The van der Waals surface area contributed by atoms with Crippen molar-refractivity contribution >= 4 is 0 Å². The lowest BCUT2D eigenvalue weighted by Gasteiger charge is -2.42. The molecule has 10 atom stereocenters. The van der Waals surface area contributed by atoms with Crippen LogP contribution in [0.25, 0.3) is 0 Å². The lowest BCUT2D eigenvalue weighted by molar-refractivity contribution is -0.352. The van der Waals surface area contributed by atoms with Crippen molar-refractivity contribution < 1.29 is 54.6 Å². The Morgan fingerprint density at radius 1 is 0.826 bits per heavy atom. The van der Waals surface area contributed by atoms with Gasteiger partial charge in [0, 0.05) is 0 Å². The Labute approximate surface area is 130 Å². The Morgan fingerprint density at radius 3 is 2.13 bits per heavy atom. The first-order chi connectivity index (χ1) is 10.9. The third kappa shape index (κ3) is 2.88. The van der Waals surface area contributed by atoms with E-state index >= 15 is 0 Å². The van der Waals surface area contributed by atoms with Crippen molar-refractivity contribution in [1.29, 1.82) is 0 Å². The molecule has 3 heterocycles. The third-order valence-corrected chi connectivity index (χ3v) is 4.35. The quantitative estimate of drug-likeness (QED) is 0.149. The Morgan fingerprint density at radius 2 is 1.52 bits per heavy atom. The molecular weight excluding hydrogens is 320 g/mol. The maximum atomic E-state index is 10.1. The van der Waals surface area contributed by atoms with Crippen molar-refractivity contribution in [3.8, 4) is 0 Å². The molecule has 23 heavy (non-hydrogen) atoms. The fourth-order valence-corrected chi connectivity index (χ4v) is 2.91. The molecule has 0 aliphatic carbocycles. The highest BCUT2D eigenvalue weighted by molar-refractivity contribution is 4.96. The minimum Gasteiger partial charge on any atom is -0.394 e. The molecule has 0 bridgehead atoms. The first-order valence-electron chi connectivity index (χ1n) is 7.22. The van der Waals surface area contributed by atoms with Gasteiger partial charge in [0.1, 0.15) is 37.1 Å². The van der Waals surface area contributed by atoms with Gasteiger partial charge < -0.3 is 45.2 Å². The van der Waals surface area contributed by atoms with E-state index in [0.29, 0.717) is 0 Å². The van der Waals surface area contributed by atoms with Crippen LogP contribution in [-0.4, -0.2) is 110 Å². The second kappa shape index (κ2) is 6.46. The summed E-state index contributed by atoms with van der Waals surface area (Å²) in [6.45, 7) is -1.12. The molecule has 11 heteroatoms. The summed E-state index contributed by atoms with van der Waals surface area (Å²) in [4.78, 5) is 4.96. The van der Waals surface area contributed by atoms with Gasteiger partial charge in [-0.15, -0.1) is 0 Å². The van der Waals surface area contributed by atoms with Gasteiger partial charge in [-0.2, -0.15) is 4.52 Å². The Balaban J connectivity index is 1.73. The molecule has 3 saturated heterocycles. The molecular formula is C12H21O11+. The zero-order valence-electron chi connectivity index (χ0n) is 12.0. The van der Waals surface area contributed by atoms with Crippen LogP contribution in [0.15, 0.2) is 0 Å². The van der Waals surface area contributed by atoms with Crippen LogP contribution in [0.4, 0.5) is 0 Å². The van der Waals surface area contributed by atoms with Crippen LogP contribution in [-0.2, 0) is 18.9 Å². The molecule has 0 unspecified atom stereocenters. The molecule has 3 rings (SSSR count). The molecule has 3 aliphatic heterocycles. The van der Waals surface area contributed by atoms with Crippen molar-refractivity contribution in [2.75, 3.05) is 13.2 Å².